The molecule has 0 fully saturated rings. The molecule has 1 atom stereocenters. The number of ketones is 1. The average Bonchev–Trinajstić information content (AvgIpc) is 2.97. The van der Waals surface area contributed by atoms with Gasteiger partial charge in [0, 0.05) is 30.4 Å². The Bertz CT molecular complexity index is 959. The van der Waals surface area contributed by atoms with E-state index in [-0.39, 0.29) is 5.78 Å². The smallest absolute Gasteiger partial charge is 0.179 e. The molecule has 0 unspecified atom stereocenters. The number of aryl methyl sites for hydroxylation is 2. The van der Waals surface area contributed by atoms with Crippen molar-refractivity contribution in [3.05, 3.63) is 70.9 Å². The molecular weight excluding hydrogens is 336 g/mol. The minimum Gasteiger partial charge on any atom is -0.390 e. The van der Waals surface area contributed by atoms with Gasteiger partial charge in [-0.1, -0.05) is 42.0 Å². The maximum Gasteiger partial charge on any atom is 0.179 e. The van der Waals surface area contributed by atoms with Gasteiger partial charge in [-0.2, -0.15) is 0 Å². The predicted octanol–water partition coefficient (Wildman–Crippen LogP) is 3.62. The molecule has 0 bridgehead atoms. The number of aliphatic hydroxyl groups is 1. The van der Waals surface area contributed by atoms with E-state index in [4.69, 9.17) is 0 Å². The molecule has 1 aliphatic carbocycles. The van der Waals surface area contributed by atoms with Gasteiger partial charge in [-0.05, 0) is 43.0 Å². The molecule has 0 aliphatic heterocycles. The second-order valence-electron chi connectivity index (χ2n) is 7.51. The largest absolute Gasteiger partial charge is 0.390 e. The van der Waals surface area contributed by atoms with E-state index >= 15 is 0 Å². The van der Waals surface area contributed by atoms with Crippen LogP contribution in [-0.2, 0) is 19.5 Å². The summed E-state index contributed by atoms with van der Waals surface area (Å²) in [5, 5.41) is 15.1. The van der Waals surface area contributed by atoms with Gasteiger partial charge in [0.2, 0.25) is 0 Å². The molecule has 4 heteroatoms. The molecule has 27 heavy (non-hydrogen) atoms. The molecule has 1 heterocycles. The van der Waals surface area contributed by atoms with Crippen LogP contribution in [0, 0.1) is 6.92 Å². The molecule has 4 rings (SSSR count). The van der Waals surface area contributed by atoms with Crippen molar-refractivity contribution >= 4 is 16.7 Å². The van der Waals surface area contributed by atoms with Gasteiger partial charge in [0.05, 0.1) is 18.3 Å². The highest BCUT2D eigenvalue weighted by molar-refractivity contribution is 6.04. The molecule has 0 spiro atoms. The summed E-state index contributed by atoms with van der Waals surface area (Å²) in [6.45, 7) is 3.72. The first kappa shape index (κ1) is 18.0. The number of carbonyl (C=O) groups excluding carboxylic acids is 1. The van der Waals surface area contributed by atoms with E-state index in [0.717, 1.165) is 36.2 Å². The van der Waals surface area contributed by atoms with Crippen LogP contribution < -0.4 is 5.32 Å². The molecule has 2 N–H and O–H groups in total. The van der Waals surface area contributed by atoms with Gasteiger partial charge in [0.1, 0.15) is 0 Å². The summed E-state index contributed by atoms with van der Waals surface area (Å²) in [5.74, 6) is 0.203. The maximum absolute atomic E-state index is 12.6. The number of hydrogen-bond acceptors (Lipinski definition) is 3. The molecule has 1 aliphatic rings. The predicted molar refractivity (Wildman–Crippen MR) is 108 cm³/mol. The second kappa shape index (κ2) is 7.67. The second-order valence-corrected chi connectivity index (χ2v) is 7.51. The van der Waals surface area contributed by atoms with Crippen molar-refractivity contribution in [1.29, 1.82) is 0 Å². The maximum atomic E-state index is 12.6. The van der Waals surface area contributed by atoms with E-state index in [1.807, 2.05) is 22.8 Å². The number of benzene rings is 2. The third-order valence-electron chi connectivity index (χ3n) is 5.36. The van der Waals surface area contributed by atoms with Gasteiger partial charge >= 0.3 is 0 Å². The standard InChI is InChI=1S/C23H26N2O2/c1-16-10-11-21-20(12-16)19-8-5-9-22(27)23(19)25(21)15-18(26)14-24-13-17-6-3-2-4-7-17/h2-4,6-7,10-12,18,24,26H,5,8-9,13-15H2,1H3/t18-/m1/s1. The Labute approximate surface area is 159 Å². The Balaban J connectivity index is 1.54. The molecule has 2 aromatic carbocycles. The molecule has 4 nitrogen and oxygen atoms in total. The monoisotopic (exact) mass is 362 g/mol. The van der Waals surface area contributed by atoms with Crippen LogP contribution >= 0.6 is 0 Å². The average molecular weight is 362 g/mol. The first-order chi connectivity index (χ1) is 13.1. The number of nitrogens with zero attached hydrogens (tertiary/aromatic N) is 1. The Kier molecular flexibility index (Phi) is 5.10. The van der Waals surface area contributed by atoms with Crippen LogP contribution in [0.1, 0.15) is 40.0 Å². The third kappa shape index (κ3) is 3.68. The summed E-state index contributed by atoms with van der Waals surface area (Å²) < 4.78 is 2.04. The van der Waals surface area contributed by atoms with Gasteiger partial charge in [0.15, 0.2) is 5.78 Å². The van der Waals surface area contributed by atoms with Crippen molar-refractivity contribution in [2.45, 2.75) is 45.4 Å². The van der Waals surface area contributed by atoms with E-state index < -0.39 is 6.10 Å². The number of rotatable bonds is 6. The number of aliphatic hydroxyl groups excluding tert-OH is 1. The number of carbonyl (C=O) groups is 1. The van der Waals surface area contributed by atoms with Gasteiger partial charge < -0.3 is 15.0 Å². The molecule has 0 saturated heterocycles. The fraction of sp³-hybridized carbons (Fsp3) is 0.348. The molecule has 1 aromatic heterocycles. The van der Waals surface area contributed by atoms with Crippen LogP contribution in [0.3, 0.4) is 0 Å². The SMILES string of the molecule is Cc1ccc2c(c1)c1c(n2C[C@H](O)CNCc2ccccc2)C(=O)CCC1. The normalized spacial score (nSPS) is 15.1. The first-order valence-electron chi connectivity index (χ1n) is 9.71. The Morgan fingerprint density at radius 2 is 1.96 bits per heavy atom. The van der Waals surface area contributed by atoms with Crippen LogP contribution in [0.15, 0.2) is 48.5 Å². The van der Waals surface area contributed by atoms with E-state index in [2.05, 4.69) is 42.6 Å². The molecule has 140 valence electrons. The summed E-state index contributed by atoms with van der Waals surface area (Å²) in [5.41, 5.74) is 5.42. The van der Waals surface area contributed by atoms with Crippen LogP contribution in [0.5, 0.6) is 0 Å². The van der Waals surface area contributed by atoms with Gasteiger partial charge in [0.25, 0.3) is 0 Å². The molecule has 0 radical (unpaired) electrons. The van der Waals surface area contributed by atoms with Crippen molar-refractivity contribution < 1.29 is 9.90 Å². The zero-order valence-corrected chi connectivity index (χ0v) is 15.7. The zero-order valence-electron chi connectivity index (χ0n) is 15.7. The van der Waals surface area contributed by atoms with Crippen LogP contribution in [0.4, 0.5) is 0 Å². The van der Waals surface area contributed by atoms with Gasteiger partial charge in [-0.25, -0.2) is 0 Å². The van der Waals surface area contributed by atoms with Gasteiger partial charge in [-0.3, -0.25) is 4.79 Å². The number of nitrogens with one attached hydrogen (secondary N) is 1. The molecular formula is C23H26N2O2. The minimum absolute atomic E-state index is 0.203. The lowest BCUT2D eigenvalue weighted by Crippen LogP contribution is -2.31. The summed E-state index contributed by atoms with van der Waals surface area (Å²) in [4.78, 5) is 12.6. The summed E-state index contributed by atoms with van der Waals surface area (Å²) in [6.07, 6.45) is 1.91. The van der Waals surface area contributed by atoms with Crippen molar-refractivity contribution in [1.82, 2.24) is 9.88 Å². The lowest BCUT2D eigenvalue weighted by molar-refractivity contribution is 0.0956. The fourth-order valence-electron chi connectivity index (χ4n) is 4.10. The van der Waals surface area contributed by atoms with Crippen LogP contribution in [0.25, 0.3) is 10.9 Å². The fourth-order valence-corrected chi connectivity index (χ4v) is 4.10. The Morgan fingerprint density at radius 1 is 1.15 bits per heavy atom. The lowest BCUT2D eigenvalue weighted by atomic mass is 9.94. The lowest BCUT2D eigenvalue weighted by Gasteiger charge is -2.18. The van der Waals surface area contributed by atoms with Crippen molar-refractivity contribution in [3.8, 4) is 0 Å². The third-order valence-corrected chi connectivity index (χ3v) is 5.36. The van der Waals surface area contributed by atoms with Crippen LogP contribution in [0.2, 0.25) is 0 Å². The number of fused-ring (bicyclic) bond motifs is 3. The summed E-state index contributed by atoms with van der Waals surface area (Å²) >= 11 is 0. The van der Waals surface area contributed by atoms with Crippen molar-refractivity contribution in [2.24, 2.45) is 0 Å². The molecule has 0 amide bonds. The molecule has 3 aromatic rings. The first-order valence-corrected chi connectivity index (χ1v) is 9.71. The molecule has 0 saturated carbocycles. The summed E-state index contributed by atoms with van der Waals surface area (Å²) in [6, 6.07) is 16.5. The minimum atomic E-state index is -0.551. The number of Topliss-reactive ketones (excluding diaryl/α,β-unsaturated/α-hetero) is 1. The number of hydrogen-bond donors (Lipinski definition) is 2. The van der Waals surface area contributed by atoms with Gasteiger partial charge in [-0.15, -0.1) is 0 Å². The van der Waals surface area contributed by atoms with Crippen molar-refractivity contribution in [3.63, 3.8) is 0 Å². The van der Waals surface area contributed by atoms with Crippen molar-refractivity contribution in [2.75, 3.05) is 6.54 Å². The zero-order chi connectivity index (χ0) is 18.8. The highest BCUT2D eigenvalue weighted by atomic mass is 16.3. The highest BCUT2D eigenvalue weighted by Crippen LogP contribution is 2.33. The highest BCUT2D eigenvalue weighted by Gasteiger charge is 2.26. The Hall–Kier alpha value is -2.43. The quantitative estimate of drug-likeness (QED) is 0.704. The van der Waals surface area contributed by atoms with E-state index in [1.165, 1.54) is 16.5 Å². The van der Waals surface area contributed by atoms with E-state index in [9.17, 15) is 9.90 Å². The Morgan fingerprint density at radius 3 is 2.78 bits per heavy atom. The van der Waals surface area contributed by atoms with E-state index in [0.29, 0.717) is 19.5 Å². The van der Waals surface area contributed by atoms with Crippen LogP contribution in [-0.4, -0.2) is 28.1 Å². The summed E-state index contributed by atoms with van der Waals surface area (Å²) in [7, 11) is 0. The topological polar surface area (TPSA) is 54.3 Å². The van der Waals surface area contributed by atoms with E-state index in [1.54, 1.807) is 0 Å². The number of aromatic nitrogens is 1.